The molecule has 1 unspecified atom stereocenters. The van der Waals surface area contributed by atoms with E-state index in [0.717, 1.165) is 6.42 Å². The molecule has 37 heavy (non-hydrogen) atoms. The van der Waals surface area contributed by atoms with Crippen LogP contribution in [0.5, 0.6) is 5.75 Å². The third-order valence-electron chi connectivity index (χ3n) is 8.84. The monoisotopic (exact) mass is 492 g/mol. The number of para-hydroxylation sites is 1. The lowest BCUT2D eigenvalue weighted by molar-refractivity contribution is -0.123. The van der Waals surface area contributed by atoms with Crippen LogP contribution in [0, 0.1) is 5.92 Å². The van der Waals surface area contributed by atoms with E-state index in [9.17, 15) is 19.2 Å². The van der Waals surface area contributed by atoms with Crippen LogP contribution in [0.3, 0.4) is 0 Å². The number of carbonyl (C=O) groups is 4. The maximum absolute atomic E-state index is 14.5. The average molecular weight is 493 g/mol. The fourth-order valence-corrected chi connectivity index (χ4v) is 7.54. The van der Waals surface area contributed by atoms with Gasteiger partial charge in [-0.05, 0) is 55.3 Å². The summed E-state index contributed by atoms with van der Waals surface area (Å²) < 4.78 is 5.27. The number of Topliss-reactive ketones (excluding diaryl/α,β-unsaturated/α-hetero) is 3. The molecule has 1 N–H and O–H groups in total. The molecule has 2 spiro atoms. The van der Waals surface area contributed by atoms with Crippen LogP contribution in [0.4, 0.5) is 5.69 Å². The Morgan fingerprint density at radius 3 is 2.24 bits per heavy atom. The molecule has 3 aliphatic heterocycles. The van der Waals surface area contributed by atoms with Crippen LogP contribution in [0.1, 0.15) is 49.5 Å². The topological polar surface area (TPSA) is 92.8 Å². The van der Waals surface area contributed by atoms with Gasteiger partial charge in [-0.3, -0.25) is 24.1 Å². The van der Waals surface area contributed by atoms with E-state index in [1.165, 1.54) is 0 Å². The minimum atomic E-state index is -1.82. The van der Waals surface area contributed by atoms with E-state index >= 15 is 0 Å². The van der Waals surface area contributed by atoms with Gasteiger partial charge in [0.2, 0.25) is 5.91 Å². The van der Waals surface area contributed by atoms with Crippen molar-refractivity contribution >= 4 is 28.9 Å². The molecule has 0 radical (unpaired) electrons. The van der Waals surface area contributed by atoms with E-state index in [1.54, 1.807) is 79.9 Å². The smallest absolute Gasteiger partial charge is 0.238 e. The first-order chi connectivity index (χ1) is 18.0. The highest BCUT2D eigenvalue weighted by molar-refractivity contribution is 6.38. The second-order valence-electron chi connectivity index (χ2n) is 10.2. The summed E-state index contributed by atoms with van der Waals surface area (Å²) in [4.78, 5) is 59.7. The van der Waals surface area contributed by atoms with Gasteiger partial charge in [-0.1, -0.05) is 42.5 Å². The predicted molar refractivity (Wildman–Crippen MR) is 135 cm³/mol. The molecule has 2 saturated heterocycles. The minimum absolute atomic E-state index is 0.250. The van der Waals surface area contributed by atoms with Crippen molar-refractivity contribution < 1.29 is 23.9 Å². The van der Waals surface area contributed by atoms with Gasteiger partial charge in [0.15, 0.2) is 22.9 Å². The van der Waals surface area contributed by atoms with Crippen molar-refractivity contribution in [2.24, 2.45) is 5.92 Å². The number of carbonyl (C=O) groups excluding carboxylic acids is 4. The lowest BCUT2D eigenvalue weighted by atomic mass is 9.57. The Morgan fingerprint density at radius 1 is 0.919 bits per heavy atom. The van der Waals surface area contributed by atoms with Crippen LogP contribution < -0.4 is 10.1 Å². The molecular formula is C30H24N2O5. The molecule has 0 bridgehead atoms. The summed E-state index contributed by atoms with van der Waals surface area (Å²) in [6.07, 6.45) is 1.34. The standard InChI is InChI=1S/C30H24N2O5/c1-37-18-14-12-17(13-15-18)25(33)24-23-11-6-16-32(23)30(26(34)19-7-2-3-8-20(19)27(30)35)29(24)21-9-4-5-10-22(21)31-28(29)36/h2-5,7-10,12-15,23-24H,6,11,16H2,1H3,(H,31,36)/t23?,24-,29+/m0/s1. The highest BCUT2D eigenvalue weighted by Gasteiger charge is 2.83. The molecule has 7 rings (SSSR count). The summed E-state index contributed by atoms with van der Waals surface area (Å²) in [5.74, 6) is -1.82. The van der Waals surface area contributed by atoms with Crippen LogP contribution in [-0.2, 0) is 10.2 Å². The van der Waals surface area contributed by atoms with Gasteiger partial charge in [0.05, 0.1) is 13.0 Å². The summed E-state index contributed by atoms with van der Waals surface area (Å²) in [5.41, 5.74) is -1.39. The first-order valence-electron chi connectivity index (χ1n) is 12.5. The number of benzene rings is 3. The van der Waals surface area contributed by atoms with Crippen molar-refractivity contribution in [3.8, 4) is 5.75 Å². The minimum Gasteiger partial charge on any atom is -0.497 e. The Balaban J connectivity index is 1.55. The molecule has 3 aromatic rings. The lowest BCUT2D eigenvalue weighted by Crippen LogP contribution is -2.67. The summed E-state index contributed by atoms with van der Waals surface area (Å²) in [5, 5.41) is 2.95. The van der Waals surface area contributed by atoms with Crippen molar-refractivity contribution in [1.82, 2.24) is 4.90 Å². The van der Waals surface area contributed by atoms with E-state index in [4.69, 9.17) is 4.74 Å². The number of hydrogen-bond acceptors (Lipinski definition) is 6. The van der Waals surface area contributed by atoms with Crippen LogP contribution in [-0.4, -0.2) is 53.4 Å². The van der Waals surface area contributed by atoms with Crippen LogP contribution in [0.15, 0.2) is 72.8 Å². The SMILES string of the molecule is COc1ccc(C(=O)[C@@H]2C3CCCN3C3(C(=O)c4ccccc4C3=O)[C@@]23C(=O)Nc2ccccc23)cc1. The molecule has 0 saturated carbocycles. The molecule has 184 valence electrons. The number of anilines is 1. The third kappa shape index (κ3) is 2.40. The molecule has 7 nitrogen and oxygen atoms in total. The highest BCUT2D eigenvalue weighted by atomic mass is 16.5. The summed E-state index contributed by atoms with van der Waals surface area (Å²) in [6.45, 7) is 0.458. The molecule has 1 aliphatic carbocycles. The predicted octanol–water partition coefficient (Wildman–Crippen LogP) is 3.68. The van der Waals surface area contributed by atoms with Crippen molar-refractivity contribution in [2.75, 3.05) is 19.0 Å². The largest absolute Gasteiger partial charge is 0.497 e. The number of amides is 1. The molecule has 1 amide bonds. The average Bonchev–Trinajstić information content (AvgIpc) is 3.64. The van der Waals surface area contributed by atoms with Crippen LogP contribution in [0.2, 0.25) is 0 Å². The van der Waals surface area contributed by atoms with E-state index in [-0.39, 0.29) is 5.78 Å². The summed E-state index contributed by atoms with van der Waals surface area (Å²) in [6, 6.07) is 20.3. The van der Waals surface area contributed by atoms with E-state index in [0.29, 0.717) is 46.7 Å². The first-order valence-corrected chi connectivity index (χ1v) is 12.5. The molecular weight excluding hydrogens is 468 g/mol. The summed E-state index contributed by atoms with van der Waals surface area (Å²) in [7, 11) is 1.55. The Kier molecular flexibility index (Phi) is 4.46. The second kappa shape index (κ2) is 7.46. The zero-order valence-corrected chi connectivity index (χ0v) is 20.2. The number of ketones is 3. The van der Waals surface area contributed by atoms with Gasteiger partial charge < -0.3 is 10.1 Å². The van der Waals surface area contributed by atoms with Gasteiger partial charge in [0, 0.05) is 28.4 Å². The van der Waals surface area contributed by atoms with Crippen molar-refractivity contribution in [3.05, 3.63) is 95.1 Å². The fourth-order valence-electron chi connectivity index (χ4n) is 7.54. The Labute approximate surface area is 213 Å². The van der Waals surface area contributed by atoms with Crippen LogP contribution >= 0.6 is 0 Å². The number of nitrogens with zero attached hydrogens (tertiary/aromatic N) is 1. The van der Waals surface area contributed by atoms with E-state index < -0.39 is 40.4 Å². The molecule has 3 atom stereocenters. The molecule has 3 heterocycles. The van der Waals surface area contributed by atoms with Crippen molar-refractivity contribution in [3.63, 3.8) is 0 Å². The number of hydrogen-bond donors (Lipinski definition) is 1. The van der Waals surface area contributed by atoms with Crippen LogP contribution in [0.25, 0.3) is 0 Å². The van der Waals surface area contributed by atoms with Gasteiger partial charge in [-0.15, -0.1) is 0 Å². The normalized spacial score (nSPS) is 26.9. The molecule has 0 aromatic heterocycles. The maximum Gasteiger partial charge on any atom is 0.238 e. The van der Waals surface area contributed by atoms with Gasteiger partial charge in [0.25, 0.3) is 0 Å². The molecule has 4 aliphatic rings. The van der Waals surface area contributed by atoms with Crippen molar-refractivity contribution in [1.29, 1.82) is 0 Å². The second-order valence-corrected chi connectivity index (χ2v) is 10.2. The van der Waals surface area contributed by atoms with Crippen molar-refractivity contribution in [2.45, 2.75) is 29.8 Å². The maximum atomic E-state index is 14.5. The Bertz CT molecular complexity index is 1490. The first kappa shape index (κ1) is 22.1. The number of fused-ring (bicyclic) bond motifs is 6. The van der Waals surface area contributed by atoms with Gasteiger partial charge in [-0.2, -0.15) is 0 Å². The molecule has 7 heteroatoms. The lowest BCUT2D eigenvalue weighted by Gasteiger charge is -2.42. The highest BCUT2D eigenvalue weighted by Crippen LogP contribution is 2.64. The number of methoxy groups -OCH3 is 1. The Hall–Kier alpha value is -4.10. The zero-order chi connectivity index (χ0) is 25.5. The fraction of sp³-hybridized carbons (Fsp3) is 0.267. The number of rotatable bonds is 3. The number of nitrogens with one attached hydrogen (secondary N) is 1. The van der Waals surface area contributed by atoms with Gasteiger partial charge in [-0.25, -0.2) is 0 Å². The molecule has 2 fully saturated rings. The third-order valence-corrected chi connectivity index (χ3v) is 8.84. The summed E-state index contributed by atoms with van der Waals surface area (Å²) >= 11 is 0. The van der Waals surface area contributed by atoms with E-state index in [2.05, 4.69) is 5.32 Å². The van der Waals surface area contributed by atoms with Gasteiger partial charge in [0.1, 0.15) is 11.2 Å². The Morgan fingerprint density at radius 2 is 1.57 bits per heavy atom. The van der Waals surface area contributed by atoms with E-state index in [1.807, 2.05) is 4.90 Å². The zero-order valence-electron chi connectivity index (χ0n) is 20.2. The number of ether oxygens (including phenoxy) is 1. The quantitative estimate of drug-likeness (QED) is 0.443. The molecule has 3 aromatic carbocycles. The van der Waals surface area contributed by atoms with Gasteiger partial charge >= 0.3 is 0 Å².